The number of thiophene rings is 1. The van der Waals surface area contributed by atoms with Gasteiger partial charge in [-0.05, 0) is 54.1 Å². The van der Waals surface area contributed by atoms with Crippen molar-refractivity contribution >= 4 is 46.0 Å². The van der Waals surface area contributed by atoms with E-state index in [0.717, 1.165) is 40.4 Å². The van der Waals surface area contributed by atoms with Gasteiger partial charge in [-0.2, -0.15) is 0 Å². The molecule has 0 spiro atoms. The minimum Gasteiger partial charge on any atom is -0.357 e. The maximum atomic E-state index is 13.8. The van der Waals surface area contributed by atoms with Gasteiger partial charge in [0.15, 0.2) is 5.78 Å². The van der Waals surface area contributed by atoms with E-state index in [2.05, 4.69) is 5.32 Å². The molecule has 0 unspecified atom stereocenters. The van der Waals surface area contributed by atoms with Crippen LogP contribution in [-0.4, -0.2) is 11.7 Å². The standard InChI is InChI=1S/C25H21ClN2O2S/c26-17-12-10-16(11-13-17)25-24-20(7-3-9-22(24)29)27-19-6-1-2-8-21(19)28(25)23(30)15-18-5-4-14-31-18/h1-2,4-6,8,10-14,25,27H,3,7,9,15H2/t25-/m1/s1. The van der Waals surface area contributed by atoms with E-state index in [0.29, 0.717) is 17.0 Å². The molecule has 1 atom stereocenters. The van der Waals surface area contributed by atoms with E-state index in [9.17, 15) is 9.59 Å². The molecule has 0 saturated carbocycles. The summed E-state index contributed by atoms with van der Waals surface area (Å²) in [7, 11) is 0. The molecule has 0 saturated heterocycles. The third kappa shape index (κ3) is 3.80. The first-order valence-electron chi connectivity index (χ1n) is 10.3. The number of rotatable bonds is 3. The van der Waals surface area contributed by atoms with Crippen LogP contribution in [0.25, 0.3) is 0 Å². The Kier molecular flexibility index (Phi) is 5.38. The molecular formula is C25H21ClN2O2S. The molecule has 0 fully saturated rings. The van der Waals surface area contributed by atoms with Crippen molar-refractivity contribution in [3.8, 4) is 0 Å². The summed E-state index contributed by atoms with van der Waals surface area (Å²) < 4.78 is 0. The topological polar surface area (TPSA) is 49.4 Å². The molecule has 0 radical (unpaired) electrons. The van der Waals surface area contributed by atoms with Gasteiger partial charge >= 0.3 is 0 Å². The first kappa shape index (κ1) is 20.0. The van der Waals surface area contributed by atoms with E-state index in [1.54, 1.807) is 16.2 Å². The van der Waals surface area contributed by atoms with Crippen LogP contribution in [0.4, 0.5) is 11.4 Å². The zero-order chi connectivity index (χ0) is 21.4. The Balaban J connectivity index is 1.72. The second kappa shape index (κ2) is 8.33. The Labute approximate surface area is 190 Å². The summed E-state index contributed by atoms with van der Waals surface area (Å²) in [5.41, 5.74) is 4.11. The summed E-state index contributed by atoms with van der Waals surface area (Å²) in [6.45, 7) is 0. The number of ketones is 1. The molecule has 1 aliphatic carbocycles. The van der Waals surface area contributed by atoms with E-state index in [4.69, 9.17) is 11.6 Å². The monoisotopic (exact) mass is 448 g/mol. The van der Waals surface area contributed by atoms with Crippen LogP contribution in [0.1, 0.15) is 35.7 Å². The van der Waals surface area contributed by atoms with Gasteiger partial charge in [0.2, 0.25) is 5.91 Å². The molecule has 31 heavy (non-hydrogen) atoms. The number of anilines is 2. The predicted molar refractivity (Wildman–Crippen MR) is 126 cm³/mol. The van der Waals surface area contributed by atoms with Crippen LogP contribution in [0.3, 0.4) is 0 Å². The highest BCUT2D eigenvalue weighted by atomic mass is 35.5. The molecule has 0 bridgehead atoms. The van der Waals surface area contributed by atoms with Gasteiger partial charge in [-0.15, -0.1) is 11.3 Å². The Morgan fingerprint density at radius 3 is 2.65 bits per heavy atom. The molecule has 1 aliphatic heterocycles. The van der Waals surface area contributed by atoms with Crippen molar-refractivity contribution in [2.24, 2.45) is 0 Å². The molecule has 156 valence electrons. The molecule has 2 heterocycles. The molecule has 6 heteroatoms. The van der Waals surface area contributed by atoms with Crippen LogP contribution in [0.5, 0.6) is 0 Å². The summed E-state index contributed by atoms with van der Waals surface area (Å²) in [5.74, 6) is 0.0548. The number of nitrogens with one attached hydrogen (secondary N) is 1. The predicted octanol–water partition coefficient (Wildman–Crippen LogP) is 6.15. The lowest BCUT2D eigenvalue weighted by Crippen LogP contribution is -2.38. The zero-order valence-electron chi connectivity index (χ0n) is 16.8. The van der Waals surface area contributed by atoms with Crippen LogP contribution in [0.15, 0.2) is 77.3 Å². The number of hydrogen-bond acceptors (Lipinski definition) is 4. The van der Waals surface area contributed by atoms with E-state index in [1.165, 1.54) is 0 Å². The highest BCUT2D eigenvalue weighted by molar-refractivity contribution is 7.10. The van der Waals surface area contributed by atoms with Crippen molar-refractivity contribution in [1.29, 1.82) is 0 Å². The lowest BCUT2D eigenvalue weighted by molar-refractivity contribution is -0.118. The van der Waals surface area contributed by atoms with Gasteiger partial charge in [0.25, 0.3) is 0 Å². The molecule has 1 aromatic heterocycles. The van der Waals surface area contributed by atoms with Crippen molar-refractivity contribution in [2.45, 2.75) is 31.7 Å². The SMILES string of the molecule is O=C1CCCC2=C1[C@@H](c1ccc(Cl)cc1)N(C(=O)Cc1cccs1)c1ccccc1N2. The fourth-order valence-electron chi connectivity index (χ4n) is 4.42. The Morgan fingerprint density at radius 2 is 1.87 bits per heavy atom. The van der Waals surface area contributed by atoms with Crippen LogP contribution in [0.2, 0.25) is 5.02 Å². The average Bonchev–Trinajstić information content (AvgIpc) is 3.22. The Bertz CT molecular complexity index is 1170. The second-order valence-electron chi connectivity index (χ2n) is 7.79. The maximum Gasteiger partial charge on any atom is 0.233 e. The number of nitrogens with zero attached hydrogens (tertiary/aromatic N) is 1. The third-order valence-electron chi connectivity index (χ3n) is 5.80. The molecule has 4 nitrogen and oxygen atoms in total. The maximum absolute atomic E-state index is 13.8. The molecule has 3 aromatic rings. The van der Waals surface area contributed by atoms with E-state index < -0.39 is 6.04 Å². The van der Waals surface area contributed by atoms with E-state index >= 15 is 0 Å². The summed E-state index contributed by atoms with van der Waals surface area (Å²) in [5, 5.41) is 6.08. The van der Waals surface area contributed by atoms with Gasteiger partial charge in [-0.1, -0.05) is 41.9 Å². The number of carbonyl (C=O) groups excluding carboxylic acids is 2. The van der Waals surface area contributed by atoms with Gasteiger partial charge in [0.05, 0.1) is 23.8 Å². The van der Waals surface area contributed by atoms with Crippen molar-refractivity contribution in [3.05, 3.63) is 92.8 Å². The Morgan fingerprint density at radius 1 is 1.06 bits per heavy atom. The highest BCUT2D eigenvalue weighted by Crippen LogP contribution is 2.45. The minimum atomic E-state index is -0.497. The van der Waals surface area contributed by atoms with Gasteiger partial charge in [-0.25, -0.2) is 0 Å². The number of allylic oxidation sites excluding steroid dienone is 1. The highest BCUT2D eigenvalue weighted by Gasteiger charge is 2.39. The fourth-order valence-corrected chi connectivity index (χ4v) is 5.24. The summed E-state index contributed by atoms with van der Waals surface area (Å²) in [6, 6.07) is 18.7. The fraction of sp³-hybridized carbons (Fsp3) is 0.200. The van der Waals surface area contributed by atoms with Gasteiger partial charge in [-0.3, -0.25) is 14.5 Å². The number of amides is 1. The zero-order valence-corrected chi connectivity index (χ0v) is 18.4. The van der Waals surface area contributed by atoms with Gasteiger partial charge in [0.1, 0.15) is 0 Å². The smallest absolute Gasteiger partial charge is 0.233 e. The van der Waals surface area contributed by atoms with Gasteiger partial charge < -0.3 is 5.32 Å². The average molecular weight is 449 g/mol. The number of halogens is 1. The summed E-state index contributed by atoms with van der Waals surface area (Å²) in [6.07, 6.45) is 2.37. The Hall–Kier alpha value is -2.89. The van der Waals surface area contributed by atoms with Crippen molar-refractivity contribution in [2.75, 3.05) is 10.2 Å². The largest absolute Gasteiger partial charge is 0.357 e. The number of fused-ring (bicyclic) bond motifs is 1. The van der Waals surface area contributed by atoms with Crippen LogP contribution in [-0.2, 0) is 16.0 Å². The van der Waals surface area contributed by atoms with Crippen molar-refractivity contribution < 1.29 is 9.59 Å². The van der Waals surface area contributed by atoms with Crippen molar-refractivity contribution in [3.63, 3.8) is 0 Å². The summed E-state index contributed by atoms with van der Waals surface area (Å²) in [4.78, 5) is 29.8. The van der Waals surface area contributed by atoms with Crippen LogP contribution >= 0.6 is 22.9 Å². The number of para-hydroxylation sites is 2. The van der Waals surface area contributed by atoms with E-state index in [1.807, 2.05) is 66.0 Å². The third-order valence-corrected chi connectivity index (χ3v) is 6.93. The number of Topliss-reactive ketones (excluding diaryl/α,β-unsaturated/α-hetero) is 1. The second-order valence-corrected chi connectivity index (χ2v) is 9.25. The van der Waals surface area contributed by atoms with Crippen molar-refractivity contribution in [1.82, 2.24) is 0 Å². The van der Waals surface area contributed by atoms with Gasteiger partial charge in [0, 0.05) is 27.6 Å². The lowest BCUT2D eigenvalue weighted by Gasteiger charge is -2.34. The molecule has 2 aliphatic rings. The summed E-state index contributed by atoms with van der Waals surface area (Å²) >= 11 is 7.72. The first-order valence-corrected chi connectivity index (χ1v) is 11.6. The first-order chi connectivity index (χ1) is 15.1. The molecule has 2 aromatic carbocycles. The minimum absolute atomic E-state index is 0.0382. The number of carbonyl (C=O) groups is 2. The van der Waals surface area contributed by atoms with Crippen LogP contribution < -0.4 is 10.2 Å². The quantitative estimate of drug-likeness (QED) is 0.522. The number of hydrogen-bond donors (Lipinski definition) is 1. The molecule has 1 N–H and O–H groups in total. The lowest BCUT2D eigenvalue weighted by atomic mass is 9.85. The molecular weight excluding hydrogens is 428 g/mol. The normalized spacial score (nSPS) is 18.2. The number of benzene rings is 2. The molecule has 5 rings (SSSR count). The molecule has 1 amide bonds. The van der Waals surface area contributed by atoms with Crippen LogP contribution in [0, 0.1) is 0 Å². The van der Waals surface area contributed by atoms with E-state index in [-0.39, 0.29) is 18.1 Å².